The van der Waals surface area contributed by atoms with Crippen molar-refractivity contribution in [2.45, 2.75) is 57.4 Å². The molecule has 0 bridgehead atoms. The number of likely N-dealkylation sites (tertiary alicyclic amines) is 1. The summed E-state index contributed by atoms with van der Waals surface area (Å²) in [5, 5.41) is 11.0. The van der Waals surface area contributed by atoms with Crippen LogP contribution in [0.4, 0.5) is 8.78 Å². The first kappa shape index (κ1) is 23.5. The van der Waals surface area contributed by atoms with Gasteiger partial charge in [0.05, 0.1) is 11.1 Å². The molecule has 0 aromatic heterocycles. The fourth-order valence-corrected chi connectivity index (χ4v) is 5.61. The van der Waals surface area contributed by atoms with E-state index in [0.29, 0.717) is 24.4 Å². The van der Waals surface area contributed by atoms with E-state index in [1.807, 2.05) is 0 Å². The lowest BCUT2D eigenvalue weighted by Crippen LogP contribution is -2.46. The second-order valence-electron chi connectivity index (χ2n) is 10.5. The Bertz CT molecular complexity index is 1050. The third-order valence-corrected chi connectivity index (χ3v) is 7.37. The minimum Gasteiger partial charge on any atom is -0.297 e. The Morgan fingerprint density at radius 3 is 2.47 bits per heavy atom. The molecular weight excluding hydrogens is 449 g/mol. The Hall–Kier alpha value is -1.67. The van der Waals surface area contributed by atoms with Gasteiger partial charge in [0.2, 0.25) is 0 Å². The van der Waals surface area contributed by atoms with E-state index < -0.39 is 23.0 Å². The first-order valence-corrected chi connectivity index (χ1v) is 11.9. The van der Waals surface area contributed by atoms with Crippen molar-refractivity contribution in [3.8, 4) is 6.07 Å². The van der Waals surface area contributed by atoms with Crippen molar-refractivity contribution in [2.75, 3.05) is 13.1 Å². The zero-order valence-corrected chi connectivity index (χ0v) is 20.1. The van der Waals surface area contributed by atoms with E-state index in [1.165, 1.54) is 12.1 Å². The smallest absolute Gasteiger partial charge is 0.145 e. The number of halogens is 4. The maximum Gasteiger partial charge on any atom is 0.145 e. The van der Waals surface area contributed by atoms with Crippen LogP contribution in [0.25, 0.3) is 0 Å². The molecule has 32 heavy (non-hydrogen) atoms. The minimum absolute atomic E-state index is 0.0129. The van der Waals surface area contributed by atoms with Crippen LogP contribution >= 0.6 is 23.2 Å². The normalized spacial score (nSPS) is 26.3. The average Bonchev–Trinajstić information content (AvgIpc) is 3.47. The molecule has 1 saturated carbocycles. The van der Waals surface area contributed by atoms with Crippen molar-refractivity contribution in [3.05, 3.63) is 69.2 Å². The van der Waals surface area contributed by atoms with Gasteiger partial charge in [-0.05, 0) is 54.4 Å². The molecular formula is C26H28Cl2F2N2. The molecule has 2 aromatic rings. The molecule has 1 saturated heterocycles. The Balaban J connectivity index is 1.96. The summed E-state index contributed by atoms with van der Waals surface area (Å²) in [4.78, 5) is 2.30. The first-order valence-electron chi connectivity index (χ1n) is 11.1. The number of rotatable bonds is 5. The highest BCUT2D eigenvalue weighted by atomic mass is 35.5. The van der Waals surface area contributed by atoms with E-state index in [0.717, 1.165) is 19.4 Å². The van der Waals surface area contributed by atoms with Gasteiger partial charge in [-0.15, -0.1) is 0 Å². The third kappa shape index (κ3) is 4.28. The van der Waals surface area contributed by atoms with Crippen LogP contribution in [-0.4, -0.2) is 24.0 Å². The number of hydrogen-bond acceptors (Lipinski definition) is 2. The van der Waals surface area contributed by atoms with Crippen molar-refractivity contribution >= 4 is 23.2 Å². The second-order valence-corrected chi connectivity index (χ2v) is 11.3. The third-order valence-electron chi connectivity index (χ3n) is 6.85. The predicted molar refractivity (Wildman–Crippen MR) is 125 cm³/mol. The Labute approximate surface area is 199 Å². The molecule has 1 heterocycles. The molecule has 6 heteroatoms. The highest BCUT2D eigenvalue weighted by molar-refractivity contribution is 6.31. The van der Waals surface area contributed by atoms with Crippen LogP contribution in [0.5, 0.6) is 0 Å². The van der Waals surface area contributed by atoms with Crippen molar-refractivity contribution in [2.24, 2.45) is 11.3 Å². The fourth-order valence-electron chi connectivity index (χ4n) is 5.27. The SMILES string of the molecule is CC(C)(C)CC1N(CC2CC2)CC(c2cccc(Cl)c2F)[C@@]1(C#N)c1ccc(Cl)cc1F. The summed E-state index contributed by atoms with van der Waals surface area (Å²) in [7, 11) is 0. The number of hydrogen-bond donors (Lipinski definition) is 0. The van der Waals surface area contributed by atoms with Crippen molar-refractivity contribution in [1.82, 2.24) is 4.90 Å². The molecule has 0 radical (unpaired) electrons. The zero-order valence-electron chi connectivity index (χ0n) is 18.6. The van der Waals surface area contributed by atoms with Crippen LogP contribution in [-0.2, 0) is 5.41 Å². The van der Waals surface area contributed by atoms with Gasteiger partial charge >= 0.3 is 0 Å². The molecule has 1 aliphatic heterocycles. The Morgan fingerprint density at radius 2 is 1.88 bits per heavy atom. The molecule has 2 aromatic carbocycles. The van der Waals surface area contributed by atoms with E-state index >= 15 is 8.78 Å². The van der Waals surface area contributed by atoms with Crippen LogP contribution in [0.3, 0.4) is 0 Å². The summed E-state index contributed by atoms with van der Waals surface area (Å²) in [6.07, 6.45) is 2.99. The standard InChI is InChI=1S/C26H28Cl2F2N2/c1-25(2,3)12-23-26(15-31,19-10-9-17(27)11-22(19)29)20(14-32(23)13-16-7-8-16)18-5-4-6-21(28)24(18)30/h4-6,9-11,16,20,23H,7-8,12-14H2,1-3H3/t20?,23?,26-/m1/s1. The predicted octanol–water partition coefficient (Wildman–Crippen LogP) is 7.35. The highest BCUT2D eigenvalue weighted by Gasteiger charge is 2.59. The lowest BCUT2D eigenvalue weighted by molar-refractivity contribution is 0.159. The highest BCUT2D eigenvalue weighted by Crippen LogP contribution is 2.54. The zero-order chi connectivity index (χ0) is 23.3. The molecule has 170 valence electrons. The van der Waals surface area contributed by atoms with Gasteiger partial charge in [0.25, 0.3) is 0 Å². The van der Waals surface area contributed by atoms with Gasteiger partial charge in [0.1, 0.15) is 17.0 Å². The molecule has 4 rings (SSSR count). The molecule has 2 unspecified atom stereocenters. The first-order chi connectivity index (χ1) is 15.1. The quantitative estimate of drug-likeness (QED) is 0.450. The molecule has 0 N–H and O–H groups in total. The topological polar surface area (TPSA) is 27.0 Å². The molecule has 2 fully saturated rings. The Kier molecular flexibility index (Phi) is 6.31. The average molecular weight is 477 g/mol. The summed E-state index contributed by atoms with van der Waals surface area (Å²) in [6.45, 7) is 7.67. The summed E-state index contributed by atoms with van der Waals surface area (Å²) < 4.78 is 30.7. The van der Waals surface area contributed by atoms with Gasteiger partial charge in [-0.3, -0.25) is 4.90 Å². The summed E-state index contributed by atoms with van der Waals surface area (Å²) >= 11 is 12.2. The van der Waals surface area contributed by atoms with Crippen LogP contribution in [0, 0.1) is 34.3 Å². The molecule has 0 amide bonds. The number of nitrogens with zero attached hydrogens (tertiary/aromatic N) is 2. The molecule has 1 aliphatic carbocycles. The number of nitriles is 1. The maximum absolute atomic E-state index is 15.4. The van der Waals surface area contributed by atoms with E-state index in [4.69, 9.17) is 23.2 Å². The summed E-state index contributed by atoms with van der Waals surface area (Å²) in [5.74, 6) is -1.05. The monoisotopic (exact) mass is 476 g/mol. The summed E-state index contributed by atoms with van der Waals surface area (Å²) in [6, 6.07) is 11.6. The summed E-state index contributed by atoms with van der Waals surface area (Å²) in [5.41, 5.74) is -0.742. The van der Waals surface area contributed by atoms with E-state index in [9.17, 15) is 5.26 Å². The van der Waals surface area contributed by atoms with Gasteiger partial charge < -0.3 is 0 Å². The van der Waals surface area contributed by atoms with E-state index in [1.54, 1.807) is 24.3 Å². The lowest BCUT2D eigenvalue weighted by Gasteiger charge is -2.39. The van der Waals surface area contributed by atoms with Crippen LogP contribution in [0.2, 0.25) is 10.0 Å². The maximum atomic E-state index is 15.4. The van der Waals surface area contributed by atoms with Crippen LogP contribution in [0.1, 0.15) is 57.1 Å². The van der Waals surface area contributed by atoms with Gasteiger partial charge in [0.15, 0.2) is 0 Å². The van der Waals surface area contributed by atoms with Crippen molar-refractivity contribution < 1.29 is 8.78 Å². The number of benzene rings is 2. The van der Waals surface area contributed by atoms with Crippen LogP contribution < -0.4 is 0 Å². The van der Waals surface area contributed by atoms with Gasteiger partial charge in [0, 0.05) is 35.6 Å². The van der Waals surface area contributed by atoms with Gasteiger partial charge in [-0.1, -0.05) is 62.2 Å². The molecule has 3 atom stereocenters. The molecule has 2 nitrogen and oxygen atoms in total. The fraction of sp³-hybridized carbons (Fsp3) is 0.500. The molecule has 2 aliphatic rings. The van der Waals surface area contributed by atoms with E-state index in [2.05, 4.69) is 31.7 Å². The molecule has 0 spiro atoms. The minimum atomic E-state index is -1.28. The van der Waals surface area contributed by atoms with Gasteiger partial charge in [-0.25, -0.2) is 8.78 Å². The van der Waals surface area contributed by atoms with Gasteiger partial charge in [-0.2, -0.15) is 5.26 Å². The second kappa shape index (κ2) is 8.60. The van der Waals surface area contributed by atoms with Crippen LogP contribution in [0.15, 0.2) is 36.4 Å². The Morgan fingerprint density at radius 1 is 1.16 bits per heavy atom. The largest absolute Gasteiger partial charge is 0.297 e. The van der Waals surface area contributed by atoms with Crippen molar-refractivity contribution in [3.63, 3.8) is 0 Å². The lowest BCUT2D eigenvalue weighted by atomic mass is 9.64. The van der Waals surface area contributed by atoms with Crippen molar-refractivity contribution in [1.29, 1.82) is 5.26 Å². The van der Waals surface area contributed by atoms with E-state index in [-0.39, 0.29) is 27.1 Å².